The molecule has 9 nitrogen and oxygen atoms in total. The number of imidazole rings is 1. The summed E-state index contributed by atoms with van der Waals surface area (Å²) in [7, 11) is 0. The first-order valence-electron chi connectivity index (χ1n) is 11.0. The number of ether oxygens (including phenoxy) is 2. The van der Waals surface area contributed by atoms with Gasteiger partial charge in [0.05, 0.1) is 36.5 Å². The summed E-state index contributed by atoms with van der Waals surface area (Å²) in [4.78, 5) is 26.0. The lowest BCUT2D eigenvalue weighted by molar-refractivity contribution is -0.153. The summed E-state index contributed by atoms with van der Waals surface area (Å²) in [6.45, 7) is 14.4. The number of aliphatic hydroxyl groups is 1. The van der Waals surface area contributed by atoms with Crippen molar-refractivity contribution in [3.05, 3.63) is 24.2 Å². The average Bonchev–Trinajstić information content (AvgIpc) is 3.16. The third-order valence-electron chi connectivity index (χ3n) is 5.50. The van der Waals surface area contributed by atoms with Gasteiger partial charge in [-0.1, -0.05) is 20.8 Å². The Labute approximate surface area is 189 Å². The van der Waals surface area contributed by atoms with Gasteiger partial charge in [0.15, 0.2) is 5.82 Å². The molecule has 4 heterocycles. The van der Waals surface area contributed by atoms with E-state index in [-0.39, 0.29) is 12.0 Å². The zero-order valence-electron chi connectivity index (χ0n) is 19.8. The van der Waals surface area contributed by atoms with Gasteiger partial charge in [-0.05, 0) is 26.8 Å². The fraction of sp³-hybridized carbons (Fsp3) is 0.609. The van der Waals surface area contributed by atoms with E-state index >= 15 is 0 Å². The number of aliphatic hydroxyl groups excluding tert-OH is 1. The molecule has 9 heteroatoms. The monoisotopic (exact) mass is 443 g/mol. The number of anilines is 2. The van der Waals surface area contributed by atoms with Crippen LogP contribution in [0, 0.1) is 0 Å². The van der Waals surface area contributed by atoms with Crippen molar-refractivity contribution in [2.24, 2.45) is 0 Å². The number of carbonyl (C=O) groups is 1. The Morgan fingerprint density at radius 3 is 2.53 bits per heavy atom. The summed E-state index contributed by atoms with van der Waals surface area (Å²) in [5.41, 5.74) is 2.24. The van der Waals surface area contributed by atoms with Crippen LogP contribution < -0.4 is 9.80 Å². The zero-order valence-corrected chi connectivity index (χ0v) is 19.8. The van der Waals surface area contributed by atoms with Crippen molar-refractivity contribution in [2.75, 3.05) is 42.6 Å². The molecule has 1 fully saturated rings. The Hall–Kier alpha value is -2.65. The maximum absolute atomic E-state index is 12.7. The van der Waals surface area contributed by atoms with Gasteiger partial charge in [-0.15, -0.1) is 0 Å². The molecule has 1 unspecified atom stereocenters. The summed E-state index contributed by atoms with van der Waals surface area (Å²) in [6.07, 6.45) is 2.56. The molecule has 32 heavy (non-hydrogen) atoms. The molecule has 0 radical (unpaired) electrons. The molecule has 2 aliphatic heterocycles. The number of pyridine rings is 1. The SMILES string of the molecule is CC(C)(C)OC(=O)CN1c2cc(N3CCOCC3)cnc2-c2nc(C(C)(C)C)cn2C1O. The normalized spacial score (nSPS) is 18.9. The number of fused-ring (bicyclic) bond motifs is 3. The fourth-order valence-corrected chi connectivity index (χ4v) is 3.89. The minimum Gasteiger partial charge on any atom is -0.459 e. The van der Waals surface area contributed by atoms with E-state index in [9.17, 15) is 9.90 Å². The second-order valence-electron chi connectivity index (χ2n) is 10.3. The lowest BCUT2D eigenvalue weighted by atomic mass is 9.93. The molecule has 0 aromatic carbocycles. The molecule has 174 valence electrons. The van der Waals surface area contributed by atoms with E-state index in [1.54, 1.807) is 9.47 Å². The molecule has 0 saturated carbocycles. The van der Waals surface area contributed by atoms with Crippen LogP contribution >= 0.6 is 0 Å². The van der Waals surface area contributed by atoms with Crippen molar-refractivity contribution in [3.63, 3.8) is 0 Å². The number of nitrogens with zero attached hydrogens (tertiary/aromatic N) is 5. The molecule has 1 saturated heterocycles. The molecule has 4 rings (SSSR count). The number of carbonyl (C=O) groups excluding carboxylic acids is 1. The second-order valence-corrected chi connectivity index (χ2v) is 10.3. The van der Waals surface area contributed by atoms with E-state index < -0.39 is 17.9 Å². The van der Waals surface area contributed by atoms with Gasteiger partial charge >= 0.3 is 5.97 Å². The van der Waals surface area contributed by atoms with Crippen LogP contribution in [0.25, 0.3) is 11.5 Å². The van der Waals surface area contributed by atoms with Gasteiger partial charge in [0, 0.05) is 24.7 Å². The van der Waals surface area contributed by atoms with Crippen LogP contribution in [-0.4, -0.2) is 64.1 Å². The summed E-state index contributed by atoms with van der Waals surface area (Å²) in [6, 6.07) is 1.97. The van der Waals surface area contributed by atoms with Crippen molar-refractivity contribution >= 4 is 17.3 Å². The van der Waals surface area contributed by atoms with E-state index in [0.717, 1.165) is 24.5 Å². The Morgan fingerprint density at radius 1 is 1.22 bits per heavy atom. The van der Waals surface area contributed by atoms with Crippen molar-refractivity contribution in [3.8, 4) is 11.5 Å². The molecule has 1 atom stereocenters. The van der Waals surface area contributed by atoms with Crippen molar-refractivity contribution in [1.29, 1.82) is 0 Å². The number of esters is 1. The maximum atomic E-state index is 12.7. The lowest BCUT2D eigenvalue weighted by Crippen LogP contribution is -2.42. The molecule has 0 aliphatic carbocycles. The number of hydrogen-bond acceptors (Lipinski definition) is 8. The van der Waals surface area contributed by atoms with E-state index in [2.05, 4.69) is 25.7 Å². The smallest absolute Gasteiger partial charge is 0.326 e. The third kappa shape index (κ3) is 4.45. The van der Waals surface area contributed by atoms with E-state index in [1.807, 2.05) is 39.2 Å². The number of aromatic nitrogens is 3. The van der Waals surface area contributed by atoms with Crippen molar-refractivity contribution in [1.82, 2.24) is 14.5 Å². The molecule has 2 aliphatic rings. The standard InChI is InChI=1S/C23H33N5O4/c1-22(2,3)17-13-28-20(25-17)19-16(11-15(12-24-19)26-7-9-31-10-8-26)27(21(28)30)14-18(29)32-23(4,5)6/h11-13,21,30H,7-10,14H2,1-6H3. The van der Waals surface area contributed by atoms with Gasteiger partial charge < -0.3 is 24.4 Å². The van der Waals surface area contributed by atoms with Crippen LogP contribution in [0.15, 0.2) is 18.5 Å². The Kier molecular flexibility index (Phi) is 5.67. The van der Waals surface area contributed by atoms with E-state index in [4.69, 9.17) is 19.4 Å². The second kappa shape index (κ2) is 8.04. The molecule has 2 aromatic heterocycles. The molecule has 1 N–H and O–H groups in total. The summed E-state index contributed by atoms with van der Waals surface area (Å²) < 4.78 is 12.7. The minimum absolute atomic E-state index is 0.109. The van der Waals surface area contributed by atoms with Gasteiger partial charge in [-0.3, -0.25) is 9.36 Å². The highest BCUT2D eigenvalue weighted by Gasteiger charge is 2.36. The van der Waals surface area contributed by atoms with Crippen LogP contribution in [-0.2, 0) is 19.7 Å². The highest BCUT2D eigenvalue weighted by molar-refractivity contribution is 5.82. The van der Waals surface area contributed by atoms with Gasteiger partial charge in [-0.2, -0.15) is 0 Å². The predicted molar refractivity (Wildman–Crippen MR) is 122 cm³/mol. The van der Waals surface area contributed by atoms with Crippen LogP contribution in [0.1, 0.15) is 53.6 Å². The molecule has 2 aromatic rings. The van der Waals surface area contributed by atoms with Gasteiger partial charge in [-0.25, -0.2) is 9.97 Å². The molecular formula is C23H33N5O4. The number of hydrogen-bond donors (Lipinski definition) is 1. The third-order valence-corrected chi connectivity index (χ3v) is 5.50. The number of morpholine rings is 1. The Bertz CT molecular complexity index is 999. The highest BCUT2D eigenvalue weighted by Crippen LogP contribution is 2.41. The maximum Gasteiger partial charge on any atom is 0.326 e. The largest absolute Gasteiger partial charge is 0.459 e. The molecule has 0 bridgehead atoms. The van der Waals surface area contributed by atoms with E-state index in [1.165, 1.54) is 0 Å². The van der Waals surface area contributed by atoms with Gasteiger partial charge in [0.25, 0.3) is 0 Å². The molecule has 0 spiro atoms. The zero-order chi connectivity index (χ0) is 23.3. The van der Waals surface area contributed by atoms with E-state index in [0.29, 0.717) is 30.4 Å². The van der Waals surface area contributed by atoms with Gasteiger partial charge in [0.2, 0.25) is 6.35 Å². The van der Waals surface area contributed by atoms with Crippen molar-refractivity contribution < 1.29 is 19.4 Å². The van der Waals surface area contributed by atoms with Crippen LogP contribution in [0.5, 0.6) is 0 Å². The van der Waals surface area contributed by atoms with Gasteiger partial charge in [0.1, 0.15) is 17.8 Å². The average molecular weight is 444 g/mol. The Balaban J connectivity index is 1.77. The topological polar surface area (TPSA) is 93.0 Å². The number of rotatable bonds is 3. The fourth-order valence-electron chi connectivity index (χ4n) is 3.89. The highest BCUT2D eigenvalue weighted by atomic mass is 16.6. The first-order valence-corrected chi connectivity index (χ1v) is 11.0. The van der Waals surface area contributed by atoms with Crippen molar-refractivity contribution in [2.45, 2.75) is 58.9 Å². The predicted octanol–water partition coefficient (Wildman–Crippen LogP) is 2.69. The first-order chi connectivity index (χ1) is 14.9. The van der Waals surface area contributed by atoms with Crippen LogP contribution in [0.4, 0.5) is 11.4 Å². The Morgan fingerprint density at radius 2 is 1.91 bits per heavy atom. The lowest BCUT2D eigenvalue weighted by Gasteiger charge is -2.37. The van der Waals surface area contributed by atoms with Crippen LogP contribution in [0.2, 0.25) is 0 Å². The molecule has 0 amide bonds. The summed E-state index contributed by atoms with van der Waals surface area (Å²) in [5.74, 6) is 0.172. The minimum atomic E-state index is -1.10. The molecular weight excluding hydrogens is 410 g/mol. The quantitative estimate of drug-likeness (QED) is 0.724. The summed E-state index contributed by atoms with van der Waals surface area (Å²) >= 11 is 0. The van der Waals surface area contributed by atoms with Crippen LogP contribution in [0.3, 0.4) is 0 Å². The summed E-state index contributed by atoms with van der Waals surface area (Å²) in [5, 5.41) is 11.3. The first kappa shape index (κ1) is 22.5.